The number of rotatable bonds is 6. The monoisotopic (exact) mass is 444 g/mol. The van der Waals surface area contributed by atoms with Crippen LogP contribution in [0.2, 0.25) is 0 Å². The molecule has 2 aromatic rings. The molecular formula is C23H28N2O5S. The van der Waals surface area contributed by atoms with Crippen LogP contribution in [0.1, 0.15) is 41.6 Å². The SMILES string of the molecule is COC(=O)c1ccc(N(CC(=O)N2CCCCCC2)S(=O)(=O)c2ccc(C)cc2)cc1. The van der Waals surface area contributed by atoms with Crippen molar-refractivity contribution in [2.75, 3.05) is 31.0 Å². The number of esters is 1. The summed E-state index contributed by atoms with van der Waals surface area (Å²) in [5.41, 5.74) is 1.56. The second-order valence-corrected chi connectivity index (χ2v) is 9.52. The number of hydrogen-bond acceptors (Lipinski definition) is 5. The van der Waals surface area contributed by atoms with Crippen molar-refractivity contribution >= 4 is 27.6 Å². The van der Waals surface area contributed by atoms with Gasteiger partial charge in [-0.1, -0.05) is 30.5 Å². The summed E-state index contributed by atoms with van der Waals surface area (Å²) in [5, 5.41) is 0. The lowest BCUT2D eigenvalue weighted by Gasteiger charge is -2.28. The van der Waals surface area contributed by atoms with E-state index in [4.69, 9.17) is 4.74 Å². The highest BCUT2D eigenvalue weighted by Gasteiger charge is 2.29. The molecule has 0 aliphatic carbocycles. The highest BCUT2D eigenvalue weighted by Crippen LogP contribution is 2.25. The van der Waals surface area contributed by atoms with Gasteiger partial charge in [0.2, 0.25) is 5.91 Å². The Hall–Kier alpha value is -2.87. The van der Waals surface area contributed by atoms with E-state index >= 15 is 0 Å². The van der Waals surface area contributed by atoms with Crippen molar-refractivity contribution in [2.24, 2.45) is 0 Å². The number of likely N-dealkylation sites (tertiary alicyclic amines) is 1. The summed E-state index contributed by atoms with van der Waals surface area (Å²) in [4.78, 5) is 26.6. The largest absolute Gasteiger partial charge is 0.465 e. The number of sulfonamides is 1. The molecule has 0 N–H and O–H groups in total. The van der Waals surface area contributed by atoms with Crippen LogP contribution in [0.5, 0.6) is 0 Å². The molecule has 0 aromatic heterocycles. The number of ether oxygens (including phenoxy) is 1. The van der Waals surface area contributed by atoms with Crippen molar-refractivity contribution in [3.8, 4) is 0 Å². The first-order valence-electron chi connectivity index (χ1n) is 10.4. The van der Waals surface area contributed by atoms with Gasteiger partial charge in [-0.15, -0.1) is 0 Å². The summed E-state index contributed by atoms with van der Waals surface area (Å²) in [6.07, 6.45) is 3.99. The van der Waals surface area contributed by atoms with E-state index in [0.717, 1.165) is 35.6 Å². The van der Waals surface area contributed by atoms with Gasteiger partial charge in [-0.3, -0.25) is 9.10 Å². The normalized spacial score (nSPS) is 14.6. The molecule has 1 aliphatic heterocycles. The van der Waals surface area contributed by atoms with Crippen molar-refractivity contribution < 1.29 is 22.7 Å². The van der Waals surface area contributed by atoms with Crippen molar-refractivity contribution in [1.29, 1.82) is 0 Å². The number of anilines is 1. The second-order valence-electron chi connectivity index (χ2n) is 7.66. The molecule has 166 valence electrons. The van der Waals surface area contributed by atoms with Gasteiger partial charge in [0.05, 0.1) is 23.3 Å². The summed E-state index contributed by atoms with van der Waals surface area (Å²) < 4.78 is 32.8. The fourth-order valence-corrected chi connectivity index (χ4v) is 4.99. The third kappa shape index (κ3) is 5.44. The molecule has 1 aliphatic rings. The van der Waals surface area contributed by atoms with Crippen molar-refractivity contribution in [3.05, 3.63) is 59.7 Å². The van der Waals surface area contributed by atoms with Gasteiger partial charge in [0.15, 0.2) is 0 Å². The molecule has 1 amide bonds. The smallest absolute Gasteiger partial charge is 0.337 e. The minimum absolute atomic E-state index is 0.110. The van der Waals surface area contributed by atoms with Gasteiger partial charge in [-0.2, -0.15) is 0 Å². The summed E-state index contributed by atoms with van der Waals surface area (Å²) in [6.45, 7) is 2.85. The molecule has 0 unspecified atom stereocenters. The van der Waals surface area contributed by atoms with E-state index < -0.39 is 16.0 Å². The zero-order valence-corrected chi connectivity index (χ0v) is 18.7. The average molecular weight is 445 g/mol. The number of aryl methyl sites for hydroxylation is 1. The molecule has 7 nitrogen and oxygen atoms in total. The lowest BCUT2D eigenvalue weighted by atomic mass is 10.2. The summed E-state index contributed by atoms with van der Waals surface area (Å²) in [5.74, 6) is -0.741. The van der Waals surface area contributed by atoms with Gasteiger partial charge in [-0.25, -0.2) is 13.2 Å². The summed E-state index contributed by atoms with van der Waals surface area (Å²) >= 11 is 0. The van der Waals surface area contributed by atoms with Crippen LogP contribution in [-0.4, -0.2) is 51.9 Å². The maximum atomic E-state index is 13.5. The molecule has 0 saturated carbocycles. The van der Waals surface area contributed by atoms with Gasteiger partial charge < -0.3 is 9.64 Å². The van der Waals surface area contributed by atoms with Crippen LogP contribution in [0.15, 0.2) is 53.4 Å². The quantitative estimate of drug-likeness (QED) is 0.638. The lowest BCUT2D eigenvalue weighted by Crippen LogP contribution is -2.43. The van der Waals surface area contributed by atoms with Crippen LogP contribution in [0.3, 0.4) is 0 Å². The molecule has 3 rings (SSSR count). The third-order valence-electron chi connectivity index (χ3n) is 5.42. The summed E-state index contributed by atoms with van der Waals surface area (Å²) in [6, 6.07) is 12.6. The molecule has 1 heterocycles. The van der Waals surface area contributed by atoms with E-state index in [2.05, 4.69) is 0 Å². The van der Waals surface area contributed by atoms with Gasteiger partial charge in [0.25, 0.3) is 10.0 Å². The van der Waals surface area contributed by atoms with E-state index in [0.29, 0.717) is 24.3 Å². The first-order valence-corrected chi connectivity index (χ1v) is 11.8. The highest BCUT2D eigenvalue weighted by atomic mass is 32.2. The third-order valence-corrected chi connectivity index (χ3v) is 7.21. The Kier molecular flexibility index (Phi) is 7.33. The number of nitrogens with zero attached hydrogens (tertiary/aromatic N) is 2. The fraction of sp³-hybridized carbons (Fsp3) is 0.391. The summed E-state index contributed by atoms with van der Waals surface area (Å²) in [7, 11) is -2.70. The Bertz CT molecular complexity index is 1010. The zero-order valence-electron chi connectivity index (χ0n) is 17.9. The minimum Gasteiger partial charge on any atom is -0.465 e. The van der Waals surface area contributed by atoms with E-state index in [1.54, 1.807) is 17.0 Å². The number of carbonyl (C=O) groups is 2. The molecular weight excluding hydrogens is 416 g/mol. The maximum absolute atomic E-state index is 13.5. The number of hydrogen-bond donors (Lipinski definition) is 0. The van der Waals surface area contributed by atoms with E-state index in [-0.39, 0.29) is 17.3 Å². The first kappa shape index (κ1) is 22.8. The van der Waals surface area contributed by atoms with Crippen LogP contribution in [-0.2, 0) is 19.6 Å². The Labute approximate surface area is 183 Å². The van der Waals surface area contributed by atoms with Gasteiger partial charge in [-0.05, 0) is 56.2 Å². The predicted molar refractivity (Wildman–Crippen MR) is 119 cm³/mol. The molecule has 0 bridgehead atoms. The molecule has 2 aromatic carbocycles. The Morgan fingerprint density at radius 1 is 0.935 bits per heavy atom. The standard InChI is InChI=1S/C23H28N2O5S/c1-18-7-13-21(14-8-18)31(28,29)25(17-22(26)24-15-5-3-4-6-16-24)20-11-9-19(10-12-20)23(27)30-2/h7-14H,3-6,15-17H2,1-2H3. The lowest BCUT2D eigenvalue weighted by molar-refractivity contribution is -0.129. The molecule has 1 fully saturated rings. The number of carbonyl (C=O) groups excluding carboxylic acids is 2. The topological polar surface area (TPSA) is 84.0 Å². The van der Waals surface area contributed by atoms with Crippen LogP contribution >= 0.6 is 0 Å². The maximum Gasteiger partial charge on any atom is 0.337 e. The minimum atomic E-state index is -3.98. The molecule has 8 heteroatoms. The molecule has 1 saturated heterocycles. The van der Waals surface area contributed by atoms with Crippen LogP contribution in [0, 0.1) is 6.92 Å². The highest BCUT2D eigenvalue weighted by molar-refractivity contribution is 7.92. The Morgan fingerprint density at radius 2 is 1.52 bits per heavy atom. The van der Waals surface area contributed by atoms with Crippen LogP contribution in [0.25, 0.3) is 0 Å². The molecule has 0 atom stereocenters. The number of methoxy groups -OCH3 is 1. The van der Waals surface area contributed by atoms with Gasteiger partial charge in [0.1, 0.15) is 6.54 Å². The number of amides is 1. The van der Waals surface area contributed by atoms with Gasteiger partial charge in [0, 0.05) is 13.1 Å². The zero-order chi connectivity index (χ0) is 22.4. The molecule has 31 heavy (non-hydrogen) atoms. The van der Waals surface area contributed by atoms with Crippen LogP contribution in [0.4, 0.5) is 5.69 Å². The van der Waals surface area contributed by atoms with Crippen LogP contribution < -0.4 is 4.31 Å². The molecule has 0 radical (unpaired) electrons. The Morgan fingerprint density at radius 3 is 2.06 bits per heavy atom. The van der Waals surface area contributed by atoms with Gasteiger partial charge >= 0.3 is 5.97 Å². The van der Waals surface area contributed by atoms with Crippen molar-refractivity contribution in [3.63, 3.8) is 0 Å². The van der Waals surface area contributed by atoms with E-state index in [1.807, 2.05) is 6.92 Å². The fourth-order valence-electron chi connectivity index (χ4n) is 3.58. The van der Waals surface area contributed by atoms with Crippen molar-refractivity contribution in [2.45, 2.75) is 37.5 Å². The van der Waals surface area contributed by atoms with E-state index in [9.17, 15) is 18.0 Å². The van der Waals surface area contributed by atoms with E-state index in [1.165, 1.54) is 43.5 Å². The predicted octanol–water partition coefficient (Wildman–Crippen LogP) is 3.38. The Balaban J connectivity index is 1.95. The second kappa shape index (κ2) is 9.96. The van der Waals surface area contributed by atoms with Crippen molar-refractivity contribution in [1.82, 2.24) is 4.90 Å². The first-order chi connectivity index (χ1) is 14.8. The number of benzene rings is 2. The average Bonchev–Trinajstić information content (AvgIpc) is 3.07. The molecule has 0 spiro atoms.